The lowest BCUT2D eigenvalue weighted by atomic mass is 10.0. The molecule has 0 fully saturated rings. The summed E-state index contributed by atoms with van der Waals surface area (Å²) in [6.07, 6.45) is 0.575. The number of sulfonamides is 1. The van der Waals surface area contributed by atoms with Crippen LogP contribution in [0.25, 0.3) is 0 Å². The van der Waals surface area contributed by atoms with Crippen molar-refractivity contribution in [3.8, 4) is 11.5 Å². The van der Waals surface area contributed by atoms with Crippen molar-refractivity contribution in [2.24, 2.45) is 0 Å². The third-order valence-corrected chi connectivity index (χ3v) is 7.59. The lowest BCUT2D eigenvalue weighted by molar-refractivity contribution is 0.353. The molecule has 0 amide bonds. The number of hydrogen-bond acceptors (Lipinski definition) is 5. The van der Waals surface area contributed by atoms with Crippen molar-refractivity contribution in [1.82, 2.24) is 4.72 Å². The number of fused-ring (bicyclic) bond motifs is 1. The topological polar surface area (TPSA) is 64.6 Å². The van der Waals surface area contributed by atoms with Gasteiger partial charge in [-0.15, -0.1) is 11.8 Å². The van der Waals surface area contributed by atoms with Gasteiger partial charge in [-0.25, -0.2) is 17.5 Å². The summed E-state index contributed by atoms with van der Waals surface area (Å²) in [6.45, 7) is 0. The first-order valence-corrected chi connectivity index (χ1v) is 11.0. The molecule has 0 radical (unpaired) electrons. The van der Waals surface area contributed by atoms with E-state index in [1.165, 1.54) is 38.5 Å². The molecule has 1 aliphatic heterocycles. The van der Waals surface area contributed by atoms with Crippen LogP contribution < -0.4 is 14.2 Å². The fourth-order valence-electron chi connectivity index (χ4n) is 2.78. The Kier molecular flexibility index (Phi) is 5.81. The van der Waals surface area contributed by atoms with Gasteiger partial charge in [-0.3, -0.25) is 0 Å². The molecule has 2 aromatic rings. The molecular weight excluding hydrogens is 445 g/mol. The molecule has 0 aromatic heterocycles. The SMILES string of the molecule is COc1cc(Br)c(S(=O)(=O)NC2CCSc3ccc(F)cc32)cc1OC. The highest BCUT2D eigenvalue weighted by atomic mass is 79.9. The van der Waals surface area contributed by atoms with Crippen LogP contribution in [0.3, 0.4) is 0 Å². The van der Waals surface area contributed by atoms with E-state index < -0.39 is 16.1 Å². The highest BCUT2D eigenvalue weighted by molar-refractivity contribution is 9.10. The number of methoxy groups -OCH3 is 2. The minimum atomic E-state index is -3.87. The van der Waals surface area contributed by atoms with Gasteiger partial charge < -0.3 is 9.47 Å². The maximum Gasteiger partial charge on any atom is 0.242 e. The second-order valence-electron chi connectivity index (χ2n) is 5.63. The molecule has 1 aliphatic rings. The molecule has 0 bridgehead atoms. The molecule has 26 heavy (non-hydrogen) atoms. The van der Waals surface area contributed by atoms with Crippen molar-refractivity contribution < 1.29 is 22.3 Å². The van der Waals surface area contributed by atoms with E-state index in [4.69, 9.17) is 9.47 Å². The zero-order chi connectivity index (χ0) is 18.9. The van der Waals surface area contributed by atoms with E-state index in [1.807, 2.05) is 0 Å². The highest BCUT2D eigenvalue weighted by Gasteiger charge is 2.28. The Morgan fingerprint density at radius 3 is 2.58 bits per heavy atom. The maximum absolute atomic E-state index is 13.6. The number of thioether (sulfide) groups is 1. The molecule has 3 rings (SSSR count). The van der Waals surface area contributed by atoms with Crippen molar-refractivity contribution in [2.45, 2.75) is 22.3 Å². The van der Waals surface area contributed by atoms with Crippen molar-refractivity contribution in [2.75, 3.05) is 20.0 Å². The van der Waals surface area contributed by atoms with E-state index >= 15 is 0 Å². The number of rotatable bonds is 5. The number of benzene rings is 2. The Morgan fingerprint density at radius 1 is 1.19 bits per heavy atom. The van der Waals surface area contributed by atoms with Crippen LogP contribution in [-0.4, -0.2) is 28.4 Å². The smallest absolute Gasteiger partial charge is 0.242 e. The van der Waals surface area contributed by atoms with Crippen molar-refractivity contribution in [3.05, 3.63) is 46.2 Å². The summed E-state index contributed by atoms with van der Waals surface area (Å²) < 4.78 is 53.0. The summed E-state index contributed by atoms with van der Waals surface area (Å²) in [6, 6.07) is 6.90. The summed E-state index contributed by atoms with van der Waals surface area (Å²) in [5, 5.41) is 0. The monoisotopic (exact) mass is 461 g/mol. The van der Waals surface area contributed by atoms with E-state index in [0.29, 0.717) is 28.0 Å². The molecule has 1 heterocycles. The van der Waals surface area contributed by atoms with Gasteiger partial charge in [0.05, 0.1) is 14.2 Å². The minimum Gasteiger partial charge on any atom is -0.493 e. The Labute approximate surface area is 164 Å². The zero-order valence-corrected chi connectivity index (χ0v) is 17.3. The highest BCUT2D eigenvalue weighted by Crippen LogP contribution is 2.39. The van der Waals surface area contributed by atoms with E-state index in [2.05, 4.69) is 20.7 Å². The summed E-state index contributed by atoms with van der Waals surface area (Å²) in [5.74, 6) is 1.09. The zero-order valence-electron chi connectivity index (χ0n) is 14.1. The molecule has 0 saturated heterocycles. The van der Waals surface area contributed by atoms with Gasteiger partial charge in [0.2, 0.25) is 10.0 Å². The molecule has 0 saturated carbocycles. The summed E-state index contributed by atoms with van der Waals surface area (Å²) in [7, 11) is -0.956. The Balaban J connectivity index is 1.97. The first-order chi connectivity index (χ1) is 12.4. The Bertz CT molecular complexity index is 937. The average molecular weight is 462 g/mol. The molecule has 140 valence electrons. The third kappa shape index (κ3) is 3.85. The molecular formula is C17H17BrFNO4S2. The van der Waals surface area contributed by atoms with Crippen LogP contribution >= 0.6 is 27.7 Å². The molecule has 1 unspecified atom stereocenters. The van der Waals surface area contributed by atoms with Crippen LogP contribution in [0.1, 0.15) is 18.0 Å². The lowest BCUT2D eigenvalue weighted by Gasteiger charge is -2.26. The summed E-state index contributed by atoms with van der Waals surface area (Å²) in [4.78, 5) is 0.919. The first-order valence-electron chi connectivity index (χ1n) is 7.72. The van der Waals surface area contributed by atoms with Crippen molar-refractivity contribution in [1.29, 1.82) is 0 Å². The van der Waals surface area contributed by atoms with Crippen LogP contribution in [0.5, 0.6) is 11.5 Å². The van der Waals surface area contributed by atoms with Gasteiger partial charge in [0, 0.05) is 21.5 Å². The minimum absolute atomic E-state index is 0.0336. The number of nitrogens with one attached hydrogen (secondary N) is 1. The van der Waals surface area contributed by atoms with E-state index in [-0.39, 0.29) is 10.7 Å². The second kappa shape index (κ2) is 7.75. The van der Waals surface area contributed by atoms with Gasteiger partial charge in [-0.2, -0.15) is 0 Å². The van der Waals surface area contributed by atoms with Crippen molar-refractivity contribution >= 4 is 37.7 Å². The molecule has 0 spiro atoms. The predicted molar refractivity (Wildman–Crippen MR) is 102 cm³/mol. The van der Waals surface area contributed by atoms with Crippen LogP contribution in [0.2, 0.25) is 0 Å². The second-order valence-corrected chi connectivity index (χ2v) is 9.30. The molecule has 1 atom stereocenters. The van der Waals surface area contributed by atoms with Gasteiger partial charge in [-0.05, 0) is 57.9 Å². The van der Waals surface area contributed by atoms with Gasteiger partial charge >= 0.3 is 0 Å². The van der Waals surface area contributed by atoms with Gasteiger partial charge in [0.25, 0.3) is 0 Å². The molecule has 9 heteroatoms. The molecule has 5 nitrogen and oxygen atoms in total. The Morgan fingerprint density at radius 2 is 1.88 bits per heavy atom. The van der Waals surface area contributed by atoms with E-state index in [1.54, 1.807) is 17.8 Å². The number of ether oxygens (including phenoxy) is 2. The van der Waals surface area contributed by atoms with E-state index in [0.717, 1.165) is 10.6 Å². The van der Waals surface area contributed by atoms with Crippen LogP contribution in [0, 0.1) is 5.82 Å². The van der Waals surface area contributed by atoms with Crippen molar-refractivity contribution in [3.63, 3.8) is 0 Å². The molecule has 2 aromatic carbocycles. The van der Waals surface area contributed by atoms with Gasteiger partial charge in [0.15, 0.2) is 11.5 Å². The normalized spacial score (nSPS) is 16.8. The number of hydrogen-bond donors (Lipinski definition) is 1. The largest absolute Gasteiger partial charge is 0.493 e. The molecule has 0 aliphatic carbocycles. The third-order valence-electron chi connectivity index (χ3n) is 4.04. The van der Waals surface area contributed by atoms with Gasteiger partial charge in [-0.1, -0.05) is 0 Å². The Hall–Kier alpha value is -1.29. The number of halogens is 2. The fraction of sp³-hybridized carbons (Fsp3) is 0.294. The van der Waals surface area contributed by atoms with Crippen LogP contribution in [0.15, 0.2) is 44.6 Å². The van der Waals surface area contributed by atoms with Gasteiger partial charge in [0.1, 0.15) is 10.7 Å². The van der Waals surface area contributed by atoms with Crippen LogP contribution in [0.4, 0.5) is 4.39 Å². The van der Waals surface area contributed by atoms with E-state index in [9.17, 15) is 12.8 Å². The summed E-state index contributed by atoms with van der Waals surface area (Å²) >= 11 is 4.87. The first kappa shape index (κ1) is 19.5. The lowest BCUT2D eigenvalue weighted by Crippen LogP contribution is -2.31. The predicted octanol–water partition coefficient (Wildman–Crippen LogP) is 4.12. The van der Waals surface area contributed by atoms with Crippen LogP contribution in [-0.2, 0) is 10.0 Å². The standard InChI is InChI=1S/C17H17BrFNO4S2/c1-23-14-8-12(18)17(9-15(14)24-2)26(21,22)20-13-5-6-25-16-4-3-10(19)7-11(13)16/h3-4,7-9,13,20H,5-6H2,1-2H3. The quantitative estimate of drug-likeness (QED) is 0.725. The fourth-order valence-corrected chi connectivity index (χ4v) is 6.17. The average Bonchev–Trinajstić information content (AvgIpc) is 2.61. The maximum atomic E-state index is 13.6. The molecule has 1 N–H and O–H groups in total. The summed E-state index contributed by atoms with van der Waals surface area (Å²) in [5.41, 5.74) is 0.654.